The first-order valence-electron chi connectivity index (χ1n) is 8.68. The number of fused-ring (bicyclic) bond motifs is 3. The number of benzene rings is 1. The molecular weight excluding hydrogens is 357 g/mol. The maximum Gasteiger partial charge on any atom is 0.435 e. The van der Waals surface area contributed by atoms with Crippen molar-refractivity contribution in [2.45, 2.75) is 37.9 Å². The van der Waals surface area contributed by atoms with E-state index in [-0.39, 0.29) is 5.92 Å². The minimum atomic E-state index is -4.47. The minimum absolute atomic E-state index is 0.121. The monoisotopic (exact) mass is 372 g/mol. The fourth-order valence-electron chi connectivity index (χ4n) is 3.32. The average Bonchev–Trinajstić information content (AvgIpc) is 3.22. The minimum Gasteiger partial charge on any atom is -0.258 e. The van der Waals surface area contributed by atoms with Gasteiger partial charge >= 0.3 is 6.18 Å². The molecule has 1 aliphatic carbocycles. The molecule has 6 nitrogen and oxygen atoms in total. The Balaban J connectivity index is 1.63. The van der Waals surface area contributed by atoms with E-state index < -0.39 is 17.9 Å². The van der Waals surface area contributed by atoms with Crippen LogP contribution in [0.25, 0.3) is 16.6 Å². The molecule has 27 heavy (non-hydrogen) atoms. The Morgan fingerprint density at radius 3 is 2.67 bits per heavy atom. The van der Waals surface area contributed by atoms with Crippen LogP contribution in [0.3, 0.4) is 0 Å². The summed E-state index contributed by atoms with van der Waals surface area (Å²) >= 11 is 0. The molecule has 1 saturated carbocycles. The highest BCUT2D eigenvalue weighted by Crippen LogP contribution is 2.43. The van der Waals surface area contributed by atoms with Crippen LogP contribution in [0, 0.1) is 0 Å². The van der Waals surface area contributed by atoms with Crippen molar-refractivity contribution in [2.24, 2.45) is 0 Å². The van der Waals surface area contributed by atoms with Crippen LogP contribution in [0.2, 0.25) is 0 Å². The van der Waals surface area contributed by atoms with Gasteiger partial charge in [0.05, 0.1) is 5.52 Å². The van der Waals surface area contributed by atoms with Crippen LogP contribution < -0.4 is 0 Å². The third kappa shape index (κ3) is 2.65. The Kier molecular flexibility index (Phi) is 3.31. The standard InChI is InChI=1S/C18H15F3N6/c1-10(27-14(11-6-7-11)8-15(24-27)18(19,20)21)16-23-17-12-4-2-3-5-13(12)22-9-26(17)25-16/h2-5,8-11H,6-7H2,1H3. The summed E-state index contributed by atoms with van der Waals surface area (Å²) in [7, 11) is 0. The molecule has 0 bridgehead atoms. The largest absolute Gasteiger partial charge is 0.435 e. The lowest BCUT2D eigenvalue weighted by atomic mass is 10.2. The molecule has 0 amide bonds. The molecule has 0 spiro atoms. The number of alkyl halides is 3. The van der Waals surface area contributed by atoms with Crippen LogP contribution in [0.15, 0.2) is 36.7 Å². The first-order valence-corrected chi connectivity index (χ1v) is 8.68. The highest BCUT2D eigenvalue weighted by molar-refractivity contribution is 5.90. The molecule has 0 radical (unpaired) electrons. The van der Waals surface area contributed by atoms with Gasteiger partial charge in [-0.15, -0.1) is 5.10 Å². The summed E-state index contributed by atoms with van der Waals surface area (Å²) in [6.07, 6.45) is -1.15. The number of halogens is 3. The van der Waals surface area contributed by atoms with Crippen molar-refractivity contribution in [1.82, 2.24) is 29.4 Å². The van der Waals surface area contributed by atoms with Gasteiger partial charge in [0.15, 0.2) is 17.2 Å². The number of rotatable bonds is 3. The van der Waals surface area contributed by atoms with Gasteiger partial charge in [0.1, 0.15) is 12.4 Å². The van der Waals surface area contributed by atoms with Crippen molar-refractivity contribution in [1.29, 1.82) is 0 Å². The van der Waals surface area contributed by atoms with E-state index in [4.69, 9.17) is 0 Å². The Morgan fingerprint density at radius 1 is 1.15 bits per heavy atom. The molecule has 1 fully saturated rings. The second-order valence-electron chi connectivity index (χ2n) is 6.85. The summed E-state index contributed by atoms with van der Waals surface area (Å²) in [6.45, 7) is 1.77. The smallest absolute Gasteiger partial charge is 0.258 e. The van der Waals surface area contributed by atoms with Crippen LogP contribution in [0.4, 0.5) is 13.2 Å². The normalized spacial score (nSPS) is 16.3. The third-order valence-electron chi connectivity index (χ3n) is 4.89. The number of hydrogen-bond acceptors (Lipinski definition) is 4. The van der Waals surface area contributed by atoms with E-state index in [0.717, 1.165) is 29.8 Å². The van der Waals surface area contributed by atoms with Crippen molar-refractivity contribution in [3.8, 4) is 0 Å². The van der Waals surface area contributed by atoms with Crippen molar-refractivity contribution in [3.05, 3.63) is 53.9 Å². The Hall–Kier alpha value is -2.97. The summed E-state index contributed by atoms with van der Waals surface area (Å²) in [6, 6.07) is 8.18. The Labute approximate surface area is 151 Å². The summed E-state index contributed by atoms with van der Waals surface area (Å²) < 4.78 is 42.4. The van der Waals surface area contributed by atoms with Gasteiger partial charge in [0.25, 0.3) is 0 Å². The molecule has 1 atom stereocenters. The first-order chi connectivity index (χ1) is 12.9. The molecule has 1 aromatic carbocycles. The molecule has 0 aliphatic heterocycles. The topological polar surface area (TPSA) is 60.9 Å². The van der Waals surface area contributed by atoms with Crippen molar-refractivity contribution < 1.29 is 13.2 Å². The second kappa shape index (κ2) is 5.51. The lowest BCUT2D eigenvalue weighted by Gasteiger charge is -2.12. The number of aromatic nitrogens is 6. The van der Waals surface area contributed by atoms with E-state index in [9.17, 15) is 13.2 Å². The van der Waals surface area contributed by atoms with Crippen LogP contribution in [-0.2, 0) is 6.18 Å². The maximum atomic E-state index is 13.2. The van der Waals surface area contributed by atoms with E-state index in [1.807, 2.05) is 24.3 Å². The van der Waals surface area contributed by atoms with Crippen LogP contribution in [0.1, 0.15) is 48.9 Å². The first kappa shape index (κ1) is 16.2. The number of para-hydroxylation sites is 1. The van der Waals surface area contributed by atoms with Gasteiger partial charge in [0.2, 0.25) is 0 Å². The van der Waals surface area contributed by atoms with Gasteiger partial charge in [-0.2, -0.15) is 18.3 Å². The highest BCUT2D eigenvalue weighted by atomic mass is 19.4. The van der Waals surface area contributed by atoms with Gasteiger partial charge in [-0.05, 0) is 38.0 Å². The van der Waals surface area contributed by atoms with Crippen molar-refractivity contribution in [2.75, 3.05) is 0 Å². The van der Waals surface area contributed by atoms with Gasteiger partial charge < -0.3 is 0 Å². The van der Waals surface area contributed by atoms with E-state index in [0.29, 0.717) is 17.2 Å². The molecule has 0 N–H and O–H groups in total. The molecule has 0 saturated heterocycles. The Bertz CT molecular complexity index is 1160. The second-order valence-corrected chi connectivity index (χ2v) is 6.85. The van der Waals surface area contributed by atoms with E-state index in [1.54, 1.807) is 17.8 Å². The molecule has 3 heterocycles. The molecular formula is C18H15F3N6. The maximum absolute atomic E-state index is 13.2. The molecule has 5 rings (SSSR count). The number of nitrogens with zero attached hydrogens (tertiary/aromatic N) is 6. The summed E-state index contributed by atoms with van der Waals surface area (Å²) in [5, 5.41) is 9.11. The molecule has 1 aliphatic rings. The Morgan fingerprint density at radius 2 is 1.93 bits per heavy atom. The SMILES string of the molecule is CC(c1nc2c3ccccc3ncn2n1)n1nc(C(F)(F)F)cc1C1CC1. The fourth-order valence-corrected chi connectivity index (χ4v) is 3.32. The van der Waals surface area contributed by atoms with Gasteiger partial charge in [-0.1, -0.05) is 12.1 Å². The summed E-state index contributed by atoms with van der Waals surface area (Å²) in [4.78, 5) is 8.92. The molecule has 138 valence electrons. The lowest BCUT2D eigenvalue weighted by Crippen LogP contribution is -2.15. The summed E-state index contributed by atoms with van der Waals surface area (Å²) in [5.74, 6) is 0.530. The quantitative estimate of drug-likeness (QED) is 0.546. The lowest BCUT2D eigenvalue weighted by molar-refractivity contribution is -0.141. The summed E-state index contributed by atoms with van der Waals surface area (Å²) in [5.41, 5.74) is 1.14. The molecule has 1 unspecified atom stereocenters. The van der Waals surface area contributed by atoms with E-state index in [2.05, 4.69) is 20.2 Å². The zero-order valence-electron chi connectivity index (χ0n) is 14.4. The predicted molar refractivity (Wildman–Crippen MR) is 91.3 cm³/mol. The van der Waals surface area contributed by atoms with E-state index in [1.165, 1.54) is 4.68 Å². The van der Waals surface area contributed by atoms with Crippen LogP contribution in [-0.4, -0.2) is 29.4 Å². The van der Waals surface area contributed by atoms with Crippen molar-refractivity contribution in [3.63, 3.8) is 0 Å². The molecule has 3 aromatic heterocycles. The van der Waals surface area contributed by atoms with E-state index >= 15 is 0 Å². The highest BCUT2D eigenvalue weighted by Gasteiger charge is 2.39. The van der Waals surface area contributed by atoms with Crippen molar-refractivity contribution >= 4 is 16.6 Å². The predicted octanol–water partition coefficient (Wildman–Crippen LogP) is 3.98. The fraction of sp³-hybridized carbons (Fsp3) is 0.333. The zero-order valence-corrected chi connectivity index (χ0v) is 14.4. The van der Waals surface area contributed by atoms with Crippen LogP contribution in [0.5, 0.6) is 0 Å². The average molecular weight is 372 g/mol. The zero-order chi connectivity index (χ0) is 18.8. The third-order valence-corrected chi connectivity index (χ3v) is 4.89. The van der Waals surface area contributed by atoms with Gasteiger partial charge in [-0.25, -0.2) is 14.5 Å². The van der Waals surface area contributed by atoms with Gasteiger partial charge in [-0.3, -0.25) is 4.68 Å². The molecule has 9 heteroatoms. The molecule has 4 aromatic rings. The van der Waals surface area contributed by atoms with Crippen LogP contribution >= 0.6 is 0 Å². The van der Waals surface area contributed by atoms with Gasteiger partial charge in [0, 0.05) is 17.0 Å². The number of hydrogen-bond donors (Lipinski definition) is 0.